The summed E-state index contributed by atoms with van der Waals surface area (Å²) in [5.74, 6) is 0.339. The molecule has 5 nitrogen and oxygen atoms in total. The zero-order valence-electron chi connectivity index (χ0n) is 15.5. The number of aryl methyl sites for hydroxylation is 1. The molecule has 2 aromatic carbocycles. The Morgan fingerprint density at radius 3 is 2.52 bits per heavy atom. The normalized spacial score (nSPS) is 12.4. The number of rotatable bonds is 8. The molecule has 0 spiro atoms. The second-order valence-corrected chi connectivity index (χ2v) is 9.58. The summed E-state index contributed by atoms with van der Waals surface area (Å²) >= 11 is 7.66. The number of carbonyl (C=O) groups is 1. The lowest BCUT2D eigenvalue weighted by Crippen LogP contribution is -2.48. The third-order valence-corrected chi connectivity index (χ3v) is 6.39. The van der Waals surface area contributed by atoms with Crippen LogP contribution >= 0.6 is 23.4 Å². The molecule has 0 aliphatic carbocycles. The molecule has 0 heterocycles. The first-order valence-electron chi connectivity index (χ1n) is 8.41. The average molecular weight is 427 g/mol. The van der Waals surface area contributed by atoms with Gasteiger partial charge in [-0.25, -0.2) is 8.42 Å². The molecule has 2 rings (SSSR count). The highest BCUT2D eigenvalue weighted by atomic mass is 35.5. The predicted octanol–water partition coefficient (Wildman–Crippen LogP) is 3.71. The predicted molar refractivity (Wildman–Crippen MR) is 113 cm³/mol. The van der Waals surface area contributed by atoms with Gasteiger partial charge in [0.15, 0.2) is 0 Å². The van der Waals surface area contributed by atoms with Crippen molar-refractivity contribution in [3.05, 3.63) is 59.1 Å². The van der Waals surface area contributed by atoms with E-state index in [1.165, 1.54) is 0 Å². The van der Waals surface area contributed by atoms with E-state index in [1.54, 1.807) is 43.8 Å². The molecule has 0 saturated heterocycles. The summed E-state index contributed by atoms with van der Waals surface area (Å²) in [4.78, 5) is 13.7. The lowest BCUT2D eigenvalue weighted by atomic mass is 10.2. The lowest BCUT2D eigenvalue weighted by molar-refractivity contribution is -0.121. The first kappa shape index (κ1) is 21.6. The van der Waals surface area contributed by atoms with Crippen LogP contribution in [0.5, 0.6) is 0 Å². The Kier molecular flexibility index (Phi) is 7.59. The minimum absolute atomic E-state index is 0.353. The van der Waals surface area contributed by atoms with E-state index in [-0.39, 0.29) is 5.91 Å². The Bertz CT molecular complexity index is 889. The molecule has 146 valence electrons. The molecular weight excluding hydrogens is 404 g/mol. The van der Waals surface area contributed by atoms with Crippen molar-refractivity contribution in [2.24, 2.45) is 0 Å². The Hall–Kier alpha value is -1.70. The zero-order valence-corrected chi connectivity index (χ0v) is 17.9. The fourth-order valence-corrected chi connectivity index (χ4v) is 4.79. The van der Waals surface area contributed by atoms with Gasteiger partial charge in [-0.05, 0) is 43.7 Å². The maximum Gasteiger partial charge on any atom is 0.243 e. The number of thioether (sulfide) groups is 1. The summed E-state index contributed by atoms with van der Waals surface area (Å²) in [5.41, 5.74) is 1.13. The molecule has 0 bridgehead atoms. The van der Waals surface area contributed by atoms with Gasteiger partial charge in [-0.15, -0.1) is 11.8 Å². The maximum absolute atomic E-state index is 12.6. The third kappa shape index (κ3) is 6.16. The Morgan fingerprint density at radius 1 is 1.22 bits per heavy atom. The maximum atomic E-state index is 12.6. The number of halogens is 1. The summed E-state index contributed by atoms with van der Waals surface area (Å²) in [6.45, 7) is 3.79. The SMILES string of the molecule is Cc1ccc(Cl)cc1N([C@@H](C)C(=O)NCCSc1ccccc1)S(C)(=O)=O. The Morgan fingerprint density at radius 2 is 1.89 bits per heavy atom. The monoisotopic (exact) mass is 426 g/mol. The van der Waals surface area contributed by atoms with Gasteiger partial charge in [0.1, 0.15) is 6.04 Å². The van der Waals surface area contributed by atoms with Crippen LogP contribution < -0.4 is 9.62 Å². The third-order valence-electron chi connectivity index (χ3n) is 3.91. The second-order valence-electron chi connectivity index (χ2n) is 6.12. The van der Waals surface area contributed by atoms with Crippen LogP contribution in [-0.2, 0) is 14.8 Å². The van der Waals surface area contributed by atoms with Gasteiger partial charge >= 0.3 is 0 Å². The van der Waals surface area contributed by atoms with E-state index in [0.29, 0.717) is 23.0 Å². The second kappa shape index (κ2) is 9.48. The van der Waals surface area contributed by atoms with Crippen molar-refractivity contribution >= 4 is 45.0 Å². The van der Waals surface area contributed by atoms with Crippen LogP contribution in [0.1, 0.15) is 12.5 Å². The van der Waals surface area contributed by atoms with E-state index in [4.69, 9.17) is 11.6 Å². The molecule has 1 N–H and O–H groups in total. The standard InChI is InChI=1S/C19H23ClN2O3S2/c1-14-9-10-16(20)13-18(14)22(27(3,24)25)15(2)19(23)21-11-12-26-17-7-5-4-6-8-17/h4-10,13,15H,11-12H2,1-3H3,(H,21,23)/t15-/m0/s1. The van der Waals surface area contributed by atoms with Crippen LogP contribution in [-0.4, -0.2) is 38.9 Å². The molecule has 8 heteroatoms. The molecule has 0 unspecified atom stereocenters. The van der Waals surface area contributed by atoms with Gasteiger partial charge in [0, 0.05) is 22.2 Å². The number of hydrogen-bond acceptors (Lipinski definition) is 4. The van der Waals surface area contributed by atoms with Gasteiger partial charge in [0.25, 0.3) is 0 Å². The molecule has 2 aromatic rings. The van der Waals surface area contributed by atoms with E-state index < -0.39 is 16.1 Å². The van der Waals surface area contributed by atoms with Crippen molar-refractivity contribution in [2.75, 3.05) is 22.9 Å². The van der Waals surface area contributed by atoms with E-state index in [1.807, 2.05) is 30.3 Å². The fraction of sp³-hybridized carbons (Fsp3) is 0.316. The summed E-state index contributed by atoms with van der Waals surface area (Å²) in [7, 11) is -3.67. The number of anilines is 1. The highest BCUT2D eigenvalue weighted by Crippen LogP contribution is 2.28. The summed E-state index contributed by atoms with van der Waals surface area (Å²) in [5, 5.41) is 3.22. The van der Waals surface area contributed by atoms with Crippen molar-refractivity contribution in [1.29, 1.82) is 0 Å². The van der Waals surface area contributed by atoms with Crippen LogP contribution in [0.4, 0.5) is 5.69 Å². The van der Waals surface area contributed by atoms with Gasteiger partial charge in [-0.3, -0.25) is 9.10 Å². The molecule has 0 aromatic heterocycles. The first-order chi connectivity index (χ1) is 12.7. The average Bonchev–Trinajstić information content (AvgIpc) is 2.61. The van der Waals surface area contributed by atoms with Crippen LogP contribution in [0.3, 0.4) is 0 Å². The van der Waals surface area contributed by atoms with Crippen molar-refractivity contribution in [2.45, 2.75) is 24.8 Å². The topological polar surface area (TPSA) is 66.5 Å². The van der Waals surface area contributed by atoms with Gasteiger partial charge in [-0.1, -0.05) is 35.9 Å². The fourth-order valence-electron chi connectivity index (χ4n) is 2.61. The Labute approximate surface area is 170 Å². The van der Waals surface area contributed by atoms with Crippen LogP contribution in [0, 0.1) is 6.92 Å². The van der Waals surface area contributed by atoms with E-state index >= 15 is 0 Å². The molecule has 0 aliphatic rings. The first-order valence-corrected chi connectivity index (χ1v) is 11.6. The Balaban J connectivity index is 2.05. The zero-order chi connectivity index (χ0) is 20.0. The smallest absolute Gasteiger partial charge is 0.243 e. The lowest BCUT2D eigenvalue weighted by Gasteiger charge is -2.29. The highest BCUT2D eigenvalue weighted by molar-refractivity contribution is 7.99. The number of sulfonamides is 1. The molecule has 0 aliphatic heterocycles. The molecule has 0 fully saturated rings. The molecule has 1 atom stereocenters. The van der Waals surface area contributed by atoms with Crippen molar-refractivity contribution < 1.29 is 13.2 Å². The largest absolute Gasteiger partial charge is 0.353 e. The molecule has 1 amide bonds. The van der Waals surface area contributed by atoms with E-state index in [2.05, 4.69) is 5.32 Å². The number of amides is 1. The van der Waals surface area contributed by atoms with Crippen molar-refractivity contribution in [1.82, 2.24) is 5.32 Å². The molecular formula is C19H23ClN2O3S2. The van der Waals surface area contributed by atoms with Gasteiger partial charge in [0.2, 0.25) is 15.9 Å². The van der Waals surface area contributed by atoms with Crippen molar-refractivity contribution in [3.8, 4) is 0 Å². The quantitative estimate of drug-likeness (QED) is 0.516. The number of benzene rings is 2. The number of nitrogens with zero attached hydrogens (tertiary/aromatic N) is 1. The van der Waals surface area contributed by atoms with Gasteiger partial charge in [0.05, 0.1) is 11.9 Å². The molecule has 0 saturated carbocycles. The van der Waals surface area contributed by atoms with Crippen LogP contribution in [0.25, 0.3) is 0 Å². The summed E-state index contributed by atoms with van der Waals surface area (Å²) in [6.07, 6.45) is 1.09. The van der Waals surface area contributed by atoms with Crippen LogP contribution in [0.2, 0.25) is 5.02 Å². The van der Waals surface area contributed by atoms with Crippen molar-refractivity contribution in [3.63, 3.8) is 0 Å². The highest BCUT2D eigenvalue weighted by Gasteiger charge is 2.30. The summed E-state index contributed by atoms with van der Waals surface area (Å²) in [6, 6.07) is 14.0. The minimum atomic E-state index is -3.67. The number of nitrogens with one attached hydrogen (secondary N) is 1. The van der Waals surface area contributed by atoms with Gasteiger partial charge < -0.3 is 5.32 Å². The minimum Gasteiger partial charge on any atom is -0.353 e. The van der Waals surface area contributed by atoms with E-state index in [9.17, 15) is 13.2 Å². The van der Waals surface area contributed by atoms with Gasteiger partial charge in [-0.2, -0.15) is 0 Å². The van der Waals surface area contributed by atoms with E-state index in [0.717, 1.165) is 21.0 Å². The van der Waals surface area contributed by atoms with Crippen LogP contribution in [0.15, 0.2) is 53.4 Å². The molecule has 0 radical (unpaired) electrons. The number of hydrogen-bond donors (Lipinski definition) is 1. The summed E-state index contributed by atoms with van der Waals surface area (Å²) < 4.78 is 25.8. The number of carbonyl (C=O) groups excluding carboxylic acids is 1. The molecule has 27 heavy (non-hydrogen) atoms.